The highest BCUT2D eigenvalue weighted by Crippen LogP contribution is 2.39. The minimum absolute atomic E-state index is 0.260. The van der Waals surface area contributed by atoms with Crippen LogP contribution in [0.15, 0.2) is 112 Å². The summed E-state index contributed by atoms with van der Waals surface area (Å²) in [5.74, 6) is -0.0137. The minimum atomic E-state index is -0.319. The Balaban J connectivity index is 1.48. The van der Waals surface area contributed by atoms with Crippen LogP contribution in [0.25, 0.3) is 16.9 Å². The predicted molar refractivity (Wildman–Crippen MR) is 132 cm³/mol. The molecule has 2 aromatic carbocycles. The van der Waals surface area contributed by atoms with E-state index >= 15 is 0 Å². The van der Waals surface area contributed by atoms with Crippen molar-refractivity contribution in [1.29, 1.82) is 0 Å². The van der Waals surface area contributed by atoms with E-state index in [9.17, 15) is 4.79 Å². The van der Waals surface area contributed by atoms with Gasteiger partial charge in [-0.25, -0.2) is 9.69 Å². The lowest BCUT2D eigenvalue weighted by Gasteiger charge is -2.20. The number of para-hydroxylation sites is 1. The Bertz CT molecular complexity index is 1440. The molecule has 3 aromatic heterocycles. The molecule has 1 amide bonds. The average molecular weight is 465 g/mol. The molecule has 0 saturated heterocycles. The van der Waals surface area contributed by atoms with Crippen LogP contribution in [0.5, 0.6) is 0 Å². The molecule has 4 heterocycles. The van der Waals surface area contributed by atoms with Crippen LogP contribution in [0.4, 0.5) is 0 Å². The van der Waals surface area contributed by atoms with Gasteiger partial charge in [0.1, 0.15) is 0 Å². The van der Waals surface area contributed by atoms with Crippen molar-refractivity contribution in [2.24, 2.45) is 5.10 Å². The lowest BCUT2D eigenvalue weighted by molar-refractivity contribution is 0.0679. The molecule has 0 N–H and O–H groups in total. The maximum Gasteiger partial charge on any atom is 0.310 e. The smallest absolute Gasteiger partial charge is 0.310 e. The number of thiophene rings is 1. The zero-order valence-corrected chi connectivity index (χ0v) is 18.9. The summed E-state index contributed by atoms with van der Waals surface area (Å²) in [5, 5.41) is 15.4. The summed E-state index contributed by atoms with van der Waals surface area (Å²) in [6, 6.07) is 25.1. The molecular formula is C27H20N4O2S. The zero-order chi connectivity index (χ0) is 22.9. The lowest BCUT2D eigenvalue weighted by atomic mass is 9.97. The van der Waals surface area contributed by atoms with Gasteiger partial charge in [-0.05, 0) is 41.3 Å². The number of furan rings is 1. The van der Waals surface area contributed by atoms with Crippen molar-refractivity contribution in [1.82, 2.24) is 14.8 Å². The second-order valence-electron chi connectivity index (χ2n) is 7.98. The fourth-order valence-electron chi connectivity index (χ4n) is 4.23. The molecule has 0 saturated carbocycles. The molecule has 5 aromatic rings. The van der Waals surface area contributed by atoms with Gasteiger partial charge in [-0.1, -0.05) is 48.5 Å². The highest BCUT2D eigenvalue weighted by atomic mass is 32.1. The standard InChI is InChI=1S/C27H20N4O2S/c32-27(25-12-7-14-33-25)31-24(16-23(28-31)19-8-3-1-4-9-19)22-17-30(21-10-5-2-6-11-21)29-26(22)20-13-15-34-18-20/h1-15,17-18,24H,16H2/t24-/m1/s1. The number of hydrazone groups is 1. The summed E-state index contributed by atoms with van der Waals surface area (Å²) in [5.41, 5.74) is 5.61. The molecule has 6 nitrogen and oxygen atoms in total. The van der Waals surface area contributed by atoms with Crippen molar-refractivity contribution < 1.29 is 9.21 Å². The summed E-state index contributed by atoms with van der Waals surface area (Å²) in [7, 11) is 0. The highest BCUT2D eigenvalue weighted by Gasteiger charge is 2.37. The van der Waals surface area contributed by atoms with E-state index in [0.717, 1.165) is 33.8 Å². The Morgan fingerprint density at radius 1 is 0.941 bits per heavy atom. The Morgan fingerprint density at radius 3 is 2.44 bits per heavy atom. The monoisotopic (exact) mass is 464 g/mol. The van der Waals surface area contributed by atoms with Gasteiger partial charge in [0.15, 0.2) is 5.76 Å². The molecule has 0 spiro atoms. The summed E-state index contributed by atoms with van der Waals surface area (Å²) < 4.78 is 7.30. The Labute approximate surface area is 200 Å². The first-order valence-corrected chi connectivity index (χ1v) is 11.9. The van der Waals surface area contributed by atoms with Gasteiger partial charge in [-0.15, -0.1) is 0 Å². The Hall–Kier alpha value is -4.23. The maximum atomic E-state index is 13.4. The second kappa shape index (κ2) is 8.61. The molecule has 1 aliphatic heterocycles. The molecule has 34 heavy (non-hydrogen) atoms. The molecule has 1 atom stereocenters. The topological polar surface area (TPSA) is 63.6 Å². The SMILES string of the molecule is O=C(c1ccco1)N1N=C(c2ccccc2)C[C@@H]1c1cn(-c2ccccc2)nc1-c1ccsc1. The van der Waals surface area contributed by atoms with Crippen molar-refractivity contribution in [3.05, 3.63) is 119 Å². The first-order valence-electron chi connectivity index (χ1n) is 11.0. The third kappa shape index (κ3) is 3.66. The van der Waals surface area contributed by atoms with Crippen LogP contribution >= 0.6 is 11.3 Å². The minimum Gasteiger partial charge on any atom is -0.459 e. The van der Waals surface area contributed by atoms with E-state index in [4.69, 9.17) is 14.6 Å². The number of aromatic nitrogens is 2. The van der Waals surface area contributed by atoms with Crippen LogP contribution in [0.3, 0.4) is 0 Å². The third-order valence-corrected chi connectivity index (χ3v) is 6.56. The van der Waals surface area contributed by atoms with Crippen LogP contribution in [0, 0.1) is 0 Å². The van der Waals surface area contributed by atoms with Gasteiger partial charge in [-0.3, -0.25) is 4.79 Å². The van der Waals surface area contributed by atoms with Crippen LogP contribution in [0.2, 0.25) is 0 Å². The molecule has 1 aliphatic rings. The van der Waals surface area contributed by atoms with E-state index in [0.29, 0.717) is 6.42 Å². The molecule has 0 fully saturated rings. The van der Waals surface area contributed by atoms with E-state index in [-0.39, 0.29) is 17.7 Å². The molecule has 6 rings (SSSR count). The fourth-order valence-corrected chi connectivity index (χ4v) is 4.87. The molecule has 0 bridgehead atoms. The molecular weight excluding hydrogens is 444 g/mol. The van der Waals surface area contributed by atoms with E-state index in [1.807, 2.05) is 76.9 Å². The number of benzene rings is 2. The first-order chi connectivity index (χ1) is 16.8. The summed E-state index contributed by atoms with van der Waals surface area (Å²) in [4.78, 5) is 13.4. The normalized spacial score (nSPS) is 15.5. The summed E-state index contributed by atoms with van der Waals surface area (Å²) in [6.45, 7) is 0. The van der Waals surface area contributed by atoms with Crippen LogP contribution in [0.1, 0.15) is 34.1 Å². The van der Waals surface area contributed by atoms with Gasteiger partial charge < -0.3 is 4.42 Å². The van der Waals surface area contributed by atoms with Gasteiger partial charge in [0.2, 0.25) is 0 Å². The van der Waals surface area contributed by atoms with Gasteiger partial charge in [0.25, 0.3) is 0 Å². The van der Waals surface area contributed by atoms with Crippen molar-refractivity contribution in [2.45, 2.75) is 12.5 Å². The van der Waals surface area contributed by atoms with Crippen LogP contribution in [-0.2, 0) is 0 Å². The Kier molecular flexibility index (Phi) is 5.16. The highest BCUT2D eigenvalue weighted by molar-refractivity contribution is 7.08. The van der Waals surface area contributed by atoms with Crippen molar-refractivity contribution in [2.75, 3.05) is 0 Å². The lowest BCUT2D eigenvalue weighted by Crippen LogP contribution is -2.26. The number of hydrogen-bond acceptors (Lipinski definition) is 5. The molecule has 7 heteroatoms. The molecule has 0 unspecified atom stereocenters. The van der Waals surface area contributed by atoms with Crippen LogP contribution in [-0.4, -0.2) is 26.4 Å². The van der Waals surface area contributed by atoms with Gasteiger partial charge in [-0.2, -0.15) is 21.5 Å². The van der Waals surface area contributed by atoms with Crippen molar-refractivity contribution >= 4 is 23.0 Å². The van der Waals surface area contributed by atoms with E-state index in [2.05, 4.69) is 11.4 Å². The largest absolute Gasteiger partial charge is 0.459 e. The summed E-state index contributed by atoms with van der Waals surface area (Å²) >= 11 is 1.62. The number of amides is 1. The summed E-state index contributed by atoms with van der Waals surface area (Å²) in [6.07, 6.45) is 4.09. The van der Waals surface area contributed by atoms with Crippen LogP contribution < -0.4 is 0 Å². The zero-order valence-electron chi connectivity index (χ0n) is 18.1. The fraction of sp³-hybridized carbons (Fsp3) is 0.0741. The molecule has 0 radical (unpaired) electrons. The maximum absolute atomic E-state index is 13.4. The molecule has 166 valence electrons. The number of hydrogen-bond donors (Lipinski definition) is 0. The third-order valence-electron chi connectivity index (χ3n) is 5.87. The number of carbonyl (C=O) groups is 1. The van der Waals surface area contributed by atoms with Gasteiger partial charge in [0, 0.05) is 29.1 Å². The number of carbonyl (C=O) groups excluding carboxylic acids is 1. The van der Waals surface area contributed by atoms with E-state index in [1.54, 1.807) is 28.5 Å². The second-order valence-corrected chi connectivity index (χ2v) is 8.76. The molecule has 0 aliphatic carbocycles. The van der Waals surface area contributed by atoms with Crippen molar-refractivity contribution in [3.63, 3.8) is 0 Å². The number of rotatable bonds is 5. The van der Waals surface area contributed by atoms with Gasteiger partial charge >= 0.3 is 5.91 Å². The van der Waals surface area contributed by atoms with E-state index in [1.165, 1.54) is 6.26 Å². The van der Waals surface area contributed by atoms with Gasteiger partial charge in [0.05, 0.1) is 29.4 Å². The predicted octanol–water partition coefficient (Wildman–Crippen LogP) is 6.19. The number of nitrogens with zero attached hydrogens (tertiary/aromatic N) is 4. The quantitative estimate of drug-likeness (QED) is 0.312. The average Bonchev–Trinajstić information content (AvgIpc) is 3.70. The van der Waals surface area contributed by atoms with E-state index < -0.39 is 0 Å². The van der Waals surface area contributed by atoms with Crippen molar-refractivity contribution in [3.8, 4) is 16.9 Å². The first kappa shape index (κ1) is 20.4. The Morgan fingerprint density at radius 2 is 1.74 bits per heavy atom.